The predicted octanol–water partition coefficient (Wildman–Crippen LogP) is 1.79. The number of morpholine rings is 1. The van der Waals surface area contributed by atoms with Crippen molar-refractivity contribution in [1.29, 1.82) is 0 Å². The molecule has 0 spiro atoms. The molecule has 3 rings (SSSR count). The van der Waals surface area contributed by atoms with Crippen molar-refractivity contribution in [3.8, 4) is 0 Å². The topological polar surface area (TPSA) is 41.6 Å². The number of nitrogens with one attached hydrogen (secondary N) is 1. The van der Waals surface area contributed by atoms with Crippen LogP contribution in [0.1, 0.15) is 5.56 Å². The van der Waals surface area contributed by atoms with E-state index in [-0.39, 0.29) is 12.0 Å². The van der Waals surface area contributed by atoms with E-state index in [1.54, 1.807) is 4.90 Å². The fourth-order valence-corrected chi connectivity index (χ4v) is 2.73. The van der Waals surface area contributed by atoms with Crippen molar-refractivity contribution >= 4 is 16.7 Å². The smallest absolute Gasteiger partial charge is 0.253 e. The van der Waals surface area contributed by atoms with Crippen LogP contribution in [0, 0.1) is 0 Å². The van der Waals surface area contributed by atoms with E-state index in [2.05, 4.69) is 29.6 Å². The first-order valence-electron chi connectivity index (χ1n) is 7.29. The zero-order valence-electron chi connectivity index (χ0n) is 12.2. The predicted molar refractivity (Wildman–Crippen MR) is 83.0 cm³/mol. The molecule has 4 nitrogen and oxygen atoms in total. The quantitative estimate of drug-likeness (QED) is 0.934. The molecule has 2 aromatic carbocycles. The molecule has 1 aliphatic heterocycles. The molecule has 1 atom stereocenters. The number of likely N-dealkylation sites (N-methyl/N-ethyl adjacent to an activating group) is 1. The second-order valence-corrected chi connectivity index (χ2v) is 5.40. The lowest BCUT2D eigenvalue weighted by atomic mass is 10.0. The zero-order valence-corrected chi connectivity index (χ0v) is 12.2. The van der Waals surface area contributed by atoms with Crippen molar-refractivity contribution in [2.45, 2.75) is 12.6 Å². The van der Waals surface area contributed by atoms with Crippen LogP contribution < -0.4 is 5.32 Å². The number of ether oxygens (including phenoxy) is 1. The van der Waals surface area contributed by atoms with E-state index in [0.29, 0.717) is 19.7 Å². The highest BCUT2D eigenvalue weighted by Crippen LogP contribution is 2.20. The van der Waals surface area contributed by atoms with Gasteiger partial charge in [0.15, 0.2) is 0 Å². The summed E-state index contributed by atoms with van der Waals surface area (Å²) in [4.78, 5) is 14.1. The first-order chi connectivity index (χ1) is 10.3. The summed E-state index contributed by atoms with van der Waals surface area (Å²) in [5, 5.41) is 5.59. The molecule has 4 heteroatoms. The molecule has 1 unspecified atom stereocenters. The first-order valence-corrected chi connectivity index (χ1v) is 7.29. The number of carbonyl (C=O) groups excluding carboxylic acids is 1. The number of fused-ring (bicyclic) bond motifs is 1. The Morgan fingerprint density at radius 1 is 1.29 bits per heavy atom. The highest BCUT2D eigenvalue weighted by molar-refractivity contribution is 5.86. The van der Waals surface area contributed by atoms with Gasteiger partial charge in [0, 0.05) is 26.7 Å². The Kier molecular flexibility index (Phi) is 4.18. The maximum absolute atomic E-state index is 12.4. The van der Waals surface area contributed by atoms with Crippen molar-refractivity contribution in [3.63, 3.8) is 0 Å². The average Bonchev–Trinajstić information content (AvgIpc) is 2.55. The molecule has 0 saturated carbocycles. The van der Waals surface area contributed by atoms with Crippen molar-refractivity contribution in [2.24, 2.45) is 0 Å². The molecule has 1 fully saturated rings. The minimum atomic E-state index is -0.362. The summed E-state index contributed by atoms with van der Waals surface area (Å²) in [6.45, 7) is 2.61. The lowest BCUT2D eigenvalue weighted by molar-refractivity contribution is -0.144. The zero-order chi connectivity index (χ0) is 14.7. The number of hydrogen-bond donors (Lipinski definition) is 1. The lowest BCUT2D eigenvalue weighted by Gasteiger charge is -2.27. The van der Waals surface area contributed by atoms with Crippen LogP contribution in [0.25, 0.3) is 10.8 Å². The fraction of sp³-hybridized carbons (Fsp3) is 0.353. The summed E-state index contributed by atoms with van der Waals surface area (Å²) in [6.07, 6.45) is -0.362. The van der Waals surface area contributed by atoms with Gasteiger partial charge in [0.2, 0.25) is 0 Å². The van der Waals surface area contributed by atoms with Gasteiger partial charge >= 0.3 is 0 Å². The van der Waals surface area contributed by atoms with Crippen LogP contribution in [-0.4, -0.2) is 43.7 Å². The second-order valence-electron chi connectivity index (χ2n) is 5.40. The Morgan fingerprint density at radius 3 is 2.90 bits per heavy atom. The third-order valence-corrected chi connectivity index (χ3v) is 3.87. The molecule has 0 radical (unpaired) electrons. The van der Waals surface area contributed by atoms with Gasteiger partial charge in [0.1, 0.15) is 6.10 Å². The van der Waals surface area contributed by atoms with Crippen molar-refractivity contribution in [1.82, 2.24) is 10.2 Å². The molecule has 110 valence electrons. The molecule has 0 aromatic heterocycles. The van der Waals surface area contributed by atoms with Crippen molar-refractivity contribution in [2.75, 3.05) is 26.7 Å². The Morgan fingerprint density at radius 2 is 2.10 bits per heavy atom. The van der Waals surface area contributed by atoms with Crippen molar-refractivity contribution < 1.29 is 9.53 Å². The third kappa shape index (κ3) is 3.06. The van der Waals surface area contributed by atoms with Crippen molar-refractivity contribution in [3.05, 3.63) is 48.0 Å². The number of benzene rings is 2. The monoisotopic (exact) mass is 284 g/mol. The van der Waals surface area contributed by atoms with Gasteiger partial charge in [-0.15, -0.1) is 0 Å². The van der Waals surface area contributed by atoms with E-state index in [0.717, 1.165) is 12.1 Å². The van der Waals surface area contributed by atoms with Crippen LogP contribution in [0.2, 0.25) is 0 Å². The largest absolute Gasteiger partial charge is 0.366 e. The molecule has 1 aliphatic rings. The van der Waals surface area contributed by atoms with Crippen LogP contribution in [0.4, 0.5) is 0 Å². The van der Waals surface area contributed by atoms with Gasteiger partial charge in [0.05, 0.1) is 6.61 Å². The van der Waals surface area contributed by atoms with Gasteiger partial charge in [-0.25, -0.2) is 0 Å². The van der Waals surface area contributed by atoms with E-state index < -0.39 is 0 Å². The van der Waals surface area contributed by atoms with E-state index >= 15 is 0 Å². The molecule has 2 aromatic rings. The molecule has 1 N–H and O–H groups in total. The van der Waals surface area contributed by atoms with Crippen LogP contribution >= 0.6 is 0 Å². The van der Waals surface area contributed by atoms with Gasteiger partial charge < -0.3 is 15.0 Å². The number of hydrogen-bond acceptors (Lipinski definition) is 3. The van der Waals surface area contributed by atoms with Crippen LogP contribution in [-0.2, 0) is 16.1 Å². The van der Waals surface area contributed by atoms with Crippen LogP contribution in [0.3, 0.4) is 0 Å². The normalized spacial score (nSPS) is 18.6. The molecule has 0 aliphatic carbocycles. The SMILES string of the molecule is CN(Cc1cccc2ccccc12)C(=O)C1CNCCO1. The summed E-state index contributed by atoms with van der Waals surface area (Å²) in [6, 6.07) is 14.5. The number of amides is 1. The van der Waals surface area contributed by atoms with E-state index in [9.17, 15) is 4.79 Å². The number of nitrogens with zero attached hydrogens (tertiary/aromatic N) is 1. The average molecular weight is 284 g/mol. The van der Waals surface area contributed by atoms with E-state index in [1.165, 1.54) is 10.8 Å². The standard InChI is InChI=1S/C17H20N2O2/c1-19(17(20)16-11-18-9-10-21-16)12-14-7-4-6-13-5-2-3-8-15(13)14/h2-8,16,18H,9-12H2,1H3. The number of rotatable bonds is 3. The molecule has 0 bridgehead atoms. The van der Waals surface area contributed by atoms with E-state index in [4.69, 9.17) is 4.74 Å². The maximum Gasteiger partial charge on any atom is 0.253 e. The summed E-state index contributed by atoms with van der Waals surface area (Å²) in [5.74, 6) is 0.0372. The Hall–Kier alpha value is -1.91. The lowest BCUT2D eigenvalue weighted by Crippen LogP contribution is -2.48. The Bertz CT molecular complexity index is 630. The number of carbonyl (C=O) groups is 1. The minimum Gasteiger partial charge on any atom is -0.366 e. The molecule has 1 heterocycles. The van der Waals surface area contributed by atoms with E-state index in [1.807, 2.05) is 25.2 Å². The van der Waals surface area contributed by atoms with Gasteiger partial charge in [-0.2, -0.15) is 0 Å². The van der Waals surface area contributed by atoms with Gasteiger partial charge in [-0.05, 0) is 16.3 Å². The first kappa shape index (κ1) is 14.0. The molecular formula is C17H20N2O2. The fourth-order valence-electron chi connectivity index (χ4n) is 2.73. The second kappa shape index (κ2) is 6.24. The minimum absolute atomic E-state index is 0.0372. The third-order valence-electron chi connectivity index (χ3n) is 3.87. The van der Waals surface area contributed by atoms with Gasteiger partial charge in [0.25, 0.3) is 5.91 Å². The molecule has 1 saturated heterocycles. The van der Waals surface area contributed by atoms with Gasteiger partial charge in [-0.1, -0.05) is 42.5 Å². The van der Waals surface area contributed by atoms with Crippen LogP contribution in [0.5, 0.6) is 0 Å². The highest BCUT2D eigenvalue weighted by Gasteiger charge is 2.25. The highest BCUT2D eigenvalue weighted by atomic mass is 16.5. The molecular weight excluding hydrogens is 264 g/mol. The van der Waals surface area contributed by atoms with Gasteiger partial charge in [-0.3, -0.25) is 4.79 Å². The summed E-state index contributed by atoms with van der Waals surface area (Å²) in [5.41, 5.74) is 1.16. The molecule has 21 heavy (non-hydrogen) atoms. The summed E-state index contributed by atoms with van der Waals surface area (Å²) >= 11 is 0. The maximum atomic E-state index is 12.4. The summed E-state index contributed by atoms with van der Waals surface area (Å²) in [7, 11) is 1.84. The Labute approximate surface area is 124 Å². The molecule has 1 amide bonds. The Balaban J connectivity index is 1.76. The summed E-state index contributed by atoms with van der Waals surface area (Å²) < 4.78 is 5.53. The van der Waals surface area contributed by atoms with Crippen LogP contribution in [0.15, 0.2) is 42.5 Å².